The number of nitrogens with one attached hydrogen (secondary N) is 1. The molecule has 2 aromatic rings. The maximum absolute atomic E-state index is 12.3. The molecule has 0 spiro atoms. The minimum atomic E-state index is -0.901. The number of rotatable bonds is 4. The summed E-state index contributed by atoms with van der Waals surface area (Å²) in [6.45, 7) is 1.55. The molecule has 1 amide bonds. The highest BCUT2D eigenvalue weighted by molar-refractivity contribution is 7.14. The van der Waals surface area contributed by atoms with Gasteiger partial charge in [0.2, 0.25) is 0 Å². The van der Waals surface area contributed by atoms with Crippen molar-refractivity contribution in [3.05, 3.63) is 51.2 Å². The molecule has 3 rings (SSSR count). The summed E-state index contributed by atoms with van der Waals surface area (Å²) in [5.41, 5.74) is 2.30. The van der Waals surface area contributed by atoms with Gasteiger partial charge in [-0.1, -0.05) is 0 Å². The number of nitriles is 1. The molecule has 0 radical (unpaired) electrons. The summed E-state index contributed by atoms with van der Waals surface area (Å²) in [5, 5.41) is 11.4. The summed E-state index contributed by atoms with van der Waals surface area (Å²) < 4.78 is 5.30. The largest absolute Gasteiger partial charge is 0.448 e. The predicted molar refractivity (Wildman–Crippen MR) is 95.6 cm³/mol. The molecule has 1 aromatic heterocycles. The number of anilines is 1. The van der Waals surface area contributed by atoms with Crippen LogP contribution in [0.3, 0.4) is 0 Å². The highest BCUT2D eigenvalue weighted by Gasteiger charge is 2.22. The van der Waals surface area contributed by atoms with Crippen molar-refractivity contribution in [2.24, 2.45) is 0 Å². The van der Waals surface area contributed by atoms with E-state index in [-0.39, 0.29) is 0 Å². The number of ether oxygens (including phenoxy) is 1. The Balaban J connectivity index is 1.59. The quantitative estimate of drug-likeness (QED) is 0.850. The van der Waals surface area contributed by atoms with E-state index in [1.807, 2.05) is 12.1 Å². The van der Waals surface area contributed by atoms with Crippen LogP contribution < -0.4 is 5.32 Å². The van der Waals surface area contributed by atoms with Crippen LogP contribution in [0.2, 0.25) is 0 Å². The summed E-state index contributed by atoms with van der Waals surface area (Å²) in [4.78, 5) is 26.3. The molecule has 25 heavy (non-hydrogen) atoms. The van der Waals surface area contributed by atoms with Gasteiger partial charge in [0.05, 0.1) is 11.6 Å². The third-order valence-electron chi connectivity index (χ3n) is 4.13. The third-order valence-corrected chi connectivity index (χ3v) is 5.35. The van der Waals surface area contributed by atoms with E-state index in [1.165, 1.54) is 21.8 Å². The Bertz CT molecular complexity index is 810. The fourth-order valence-electron chi connectivity index (χ4n) is 2.74. The van der Waals surface area contributed by atoms with Crippen LogP contribution in [0.1, 0.15) is 45.4 Å². The maximum Gasteiger partial charge on any atom is 0.349 e. The smallest absolute Gasteiger partial charge is 0.349 e. The van der Waals surface area contributed by atoms with Crippen molar-refractivity contribution in [1.82, 2.24) is 0 Å². The summed E-state index contributed by atoms with van der Waals surface area (Å²) in [5.74, 6) is -0.860. The van der Waals surface area contributed by atoms with E-state index in [0.717, 1.165) is 25.7 Å². The van der Waals surface area contributed by atoms with Gasteiger partial charge in [0.25, 0.3) is 5.91 Å². The van der Waals surface area contributed by atoms with Crippen LogP contribution in [0, 0.1) is 11.3 Å². The molecule has 0 fully saturated rings. The Kier molecular flexibility index (Phi) is 5.15. The Morgan fingerprint density at radius 3 is 2.64 bits per heavy atom. The number of esters is 1. The average molecular weight is 354 g/mol. The van der Waals surface area contributed by atoms with Crippen LogP contribution >= 0.6 is 11.3 Å². The van der Waals surface area contributed by atoms with Gasteiger partial charge in [-0.05, 0) is 68.5 Å². The molecule has 1 aromatic carbocycles. The molecule has 1 N–H and O–H groups in total. The second kappa shape index (κ2) is 7.49. The molecule has 0 bridgehead atoms. The second-order valence-electron chi connectivity index (χ2n) is 5.99. The topological polar surface area (TPSA) is 79.2 Å². The van der Waals surface area contributed by atoms with Gasteiger partial charge >= 0.3 is 5.97 Å². The number of thiophene rings is 1. The minimum Gasteiger partial charge on any atom is -0.448 e. The number of hydrogen-bond donors (Lipinski definition) is 1. The third kappa shape index (κ3) is 4.06. The fraction of sp³-hybridized carbons (Fsp3) is 0.316. The first-order valence-electron chi connectivity index (χ1n) is 8.20. The summed E-state index contributed by atoms with van der Waals surface area (Å²) in [7, 11) is 0. The van der Waals surface area contributed by atoms with Crippen molar-refractivity contribution in [2.45, 2.75) is 38.7 Å². The molecule has 0 saturated heterocycles. The molecular weight excluding hydrogens is 336 g/mol. The molecule has 6 heteroatoms. The van der Waals surface area contributed by atoms with Crippen LogP contribution in [0.4, 0.5) is 5.69 Å². The van der Waals surface area contributed by atoms with Crippen LogP contribution in [0.25, 0.3) is 0 Å². The number of aryl methyl sites for hydroxylation is 2. The Morgan fingerprint density at radius 1 is 1.24 bits per heavy atom. The Morgan fingerprint density at radius 2 is 1.96 bits per heavy atom. The van der Waals surface area contributed by atoms with Gasteiger partial charge in [-0.3, -0.25) is 4.79 Å². The van der Waals surface area contributed by atoms with E-state index in [2.05, 4.69) is 5.32 Å². The van der Waals surface area contributed by atoms with E-state index < -0.39 is 18.0 Å². The first kappa shape index (κ1) is 17.2. The molecule has 1 aliphatic carbocycles. The second-order valence-corrected chi connectivity index (χ2v) is 7.13. The summed E-state index contributed by atoms with van der Waals surface area (Å²) >= 11 is 1.47. The molecule has 0 saturated carbocycles. The molecule has 1 aliphatic rings. The van der Waals surface area contributed by atoms with Gasteiger partial charge in [-0.15, -0.1) is 11.3 Å². The van der Waals surface area contributed by atoms with Crippen molar-refractivity contribution in [1.29, 1.82) is 5.26 Å². The van der Waals surface area contributed by atoms with E-state index >= 15 is 0 Å². The first-order chi connectivity index (χ1) is 12.1. The maximum atomic E-state index is 12.3. The van der Waals surface area contributed by atoms with Crippen molar-refractivity contribution in [2.75, 3.05) is 5.32 Å². The van der Waals surface area contributed by atoms with E-state index in [4.69, 9.17) is 10.00 Å². The number of nitrogens with zero attached hydrogens (tertiary/aromatic N) is 1. The molecular formula is C19H18N2O3S. The van der Waals surface area contributed by atoms with Gasteiger partial charge < -0.3 is 10.1 Å². The van der Waals surface area contributed by atoms with Crippen LogP contribution in [0.5, 0.6) is 0 Å². The molecule has 5 nitrogen and oxygen atoms in total. The number of fused-ring (bicyclic) bond motifs is 1. The van der Waals surface area contributed by atoms with Gasteiger partial charge in [-0.2, -0.15) is 5.26 Å². The molecule has 1 heterocycles. The number of carbonyl (C=O) groups excluding carboxylic acids is 2. The summed E-state index contributed by atoms with van der Waals surface area (Å²) in [6, 6.07) is 10.4. The van der Waals surface area contributed by atoms with Crippen LogP contribution in [-0.2, 0) is 22.4 Å². The van der Waals surface area contributed by atoms with Gasteiger partial charge in [-0.25, -0.2) is 4.79 Å². The van der Waals surface area contributed by atoms with Crippen molar-refractivity contribution in [3.63, 3.8) is 0 Å². The highest BCUT2D eigenvalue weighted by atomic mass is 32.1. The monoisotopic (exact) mass is 354 g/mol. The Hall–Kier alpha value is -2.65. The zero-order chi connectivity index (χ0) is 17.8. The number of benzene rings is 1. The van der Waals surface area contributed by atoms with Crippen LogP contribution in [-0.4, -0.2) is 18.0 Å². The summed E-state index contributed by atoms with van der Waals surface area (Å²) in [6.07, 6.45) is 3.44. The first-order valence-corrected chi connectivity index (χ1v) is 9.02. The lowest BCUT2D eigenvalue weighted by Crippen LogP contribution is -2.29. The lowest BCUT2D eigenvalue weighted by atomic mass is 9.99. The molecule has 128 valence electrons. The normalized spacial score (nSPS) is 14.1. The van der Waals surface area contributed by atoms with Crippen molar-refractivity contribution >= 4 is 28.9 Å². The van der Waals surface area contributed by atoms with Crippen molar-refractivity contribution < 1.29 is 14.3 Å². The molecule has 1 atom stereocenters. The molecule has 0 aliphatic heterocycles. The number of hydrogen-bond acceptors (Lipinski definition) is 5. The van der Waals surface area contributed by atoms with Gasteiger partial charge in [0, 0.05) is 10.6 Å². The lowest BCUT2D eigenvalue weighted by Gasteiger charge is -2.13. The number of carbonyl (C=O) groups is 2. The average Bonchev–Trinajstić information content (AvgIpc) is 3.06. The fourth-order valence-corrected chi connectivity index (χ4v) is 3.87. The highest BCUT2D eigenvalue weighted by Crippen LogP contribution is 2.30. The zero-order valence-electron chi connectivity index (χ0n) is 13.9. The van der Waals surface area contributed by atoms with Crippen molar-refractivity contribution in [3.8, 4) is 6.07 Å². The van der Waals surface area contributed by atoms with E-state index in [9.17, 15) is 9.59 Å². The van der Waals surface area contributed by atoms with Gasteiger partial charge in [0.1, 0.15) is 4.88 Å². The Labute approximate surface area is 150 Å². The zero-order valence-corrected chi connectivity index (χ0v) is 14.7. The number of amides is 1. The van der Waals surface area contributed by atoms with Gasteiger partial charge in [0.15, 0.2) is 6.10 Å². The van der Waals surface area contributed by atoms with E-state index in [0.29, 0.717) is 16.1 Å². The van der Waals surface area contributed by atoms with E-state index in [1.54, 1.807) is 31.2 Å². The molecule has 0 unspecified atom stereocenters. The predicted octanol–water partition coefficient (Wildman–Crippen LogP) is 3.68. The minimum absolute atomic E-state index is 0.403. The standard InChI is InChI=1S/C19H18N2O3S/c1-12(18(22)21-15-8-6-13(11-20)7-9-15)24-19(23)17-10-14-4-2-3-5-16(14)25-17/h6-10,12H,2-5H2,1H3,(H,21,22)/t12-/m0/s1. The SMILES string of the molecule is C[C@H](OC(=O)c1cc2c(s1)CCCC2)C(=O)Nc1ccc(C#N)cc1. The van der Waals surface area contributed by atoms with Crippen LogP contribution in [0.15, 0.2) is 30.3 Å². The lowest BCUT2D eigenvalue weighted by molar-refractivity contribution is -0.123.